The Morgan fingerprint density at radius 2 is 1.93 bits per heavy atom. The summed E-state index contributed by atoms with van der Waals surface area (Å²) in [6, 6.07) is 11.6. The summed E-state index contributed by atoms with van der Waals surface area (Å²) in [7, 11) is 0. The predicted molar refractivity (Wildman–Crippen MR) is 111 cm³/mol. The zero-order chi connectivity index (χ0) is 20.4. The number of aromatic nitrogens is 2. The van der Waals surface area contributed by atoms with Crippen molar-refractivity contribution in [2.24, 2.45) is 0 Å². The van der Waals surface area contributed by atoms with Gasteiger partial charge in [0.1, 0.15) is 0 Å². The van der Waals surface area contributed by atoms with Crippen molar-refractivity contribution < 1.29 is 14.1 Å². The number of nitrogens with zero attached hydrogens (tertiary/aromatic N) is 3. The number of benzene rings is 1. The van der Waals surface area contributed by atoms with E-state index < -0.39 is 0 Å². The van der Waals surface area contributed by atoms with E-state index in [1.165, 1.54) is 0 Å². The Kier molecular flexibility index (Phi) is 5.34. The van der Waals surface area contributed by atoms with Gasteiger partial charge in [-0.15, -0.1) is 0 Å². The third-order valence-electron chi connectivity index (χ3n) is 5.48. The molecule has 3 aromatic rings. The van der Waals surface area contributed by atoms with Crippen LogP contribution in [0.2, 0.25) is 0 Å². The van der Waals surface area contributed by atoms with Gasteiger partial charge in [0.25, 0.3) is 11.6 Å². The van der Waals surface area contributed by atoms with Crippen molar-refractivity contribution in [3.63, 3.8) is 0 Å². The molecule has 1 aliphatic heterocycles. The summed E-state index contributed by atoms with van der Waals surface area (Å²) >= 11 is 0. The Bertz CT molecular complexity index is 1010. The number of fused-ring (bicyclic) bond motifs is 1. The fraction of sp³-hybridized carbons (Fsp3) is 0.409. The van der Waals surface area contributed by atoms with E-state index in [0.717, 1.165) is 31.9 Å². The van der Waals surface area contributed by atoms with E-state index >= 15 is 0 Å². The summed E-state index contributed by atoms with van der Waals surface area (Å²) in [5, 5.41) is 7.78. The summed E-state index contributed by atoms with van der Waals surface area (Å²) in [5.41, 5.74) is 3.01. The van der Waals surface area contributed by atoms with Crippen LogP contribution < -0.4 is 5.32 Å². The number of hydrogen-bond acceptors (Lipinski definition) is 6. The standard InChI is InChI=1S/C22H26N4O3/c1-15-19-17(20(27)23-14-22(2,3)26-9-11-28-12-10-26)13-18(24-21(19)29-25-15)16-7-5-4-6-8-16/h4-8,13H,9-12,14H2,1-3H3,(H,23,27). The number of amides is 1. The quantitative estimate of drug-likeness (QED) is 0.716. The minimum absolute atomic E-state index is 0.151. The first-order chi connectivity index (χ1) is 14.0. The largest absolute Gasteiger partial charge is 0.379 e. The fourth-order valence-electron chi connectivity index (χ4n) is 3.70. The second-order valence-corrected chi connectivity index (χ2v) is 7.96. The second-order valence-electron chi connectivity index (χ2n) is 7.96. The SMILES string of the molecule is Cc1noc2nc(-c3ccccc3)cc(C(=O)NCC(C)(C)N3CCOCC3)c12. The number of carbonyl (C=O) groups excluding carboxylic acids is 1. The highest BCUT2D eigenvalue weighted by Crippen LogP contribution is 2.27. The zero-order valence-electron chi connectivity index (χ0n) is 17.1. The van der Waals surface area contributed by atoms with Crippen molar-refractivity contribution in [2.75, 3.05) is 32.8 Å². The van der Waals surface area contributed by atoms with Crippen LogP contribution in [0.25, 0.3) is 22.4 Å². The summed E-state index contributed by atoms with van der Waals surface area (Å²) < 4.78 is 10.8. The topological polar surface area (TPSA) is 80.5 Å². The van der Waals surface area contributed by atoms with Gasteiger partial charge in [-0.3, -0.25) is 9.69 Å². The van der Waals surface area contributed by atoms with Crippen LogP contribution in [0, 0.1) is 6.92 Å². The molecule has 0 bridgehead atoms. The third-order valence-corrected chi connectivity index (χ3v) is 5.48. The van der Waals surface area contributed by atoms with Crippen LogP contribution >= 0.6 is 0 Å². The number of aryl methyl sites for hydroxylation is 1. The minimum Gasteiger partial charge on any atom is -0.379 e. The van der Waals surface area contributed by atoms with E-state index in [4.69, 9.17) is 9.26 Å². The molecule has 1 N–H and O–H groups in total. The Balaban J connectivity index is 1.62. The van der Waals surface area contributed by atoms with Crippen LogP contribution in [0.15, 0.2) is 40.9 Å². The molecule has 1 amide bonds. The Morgan fingerprint density at radius 1 is 1.21 bits per heavy atom. The van der Waals surface area contributed by atoms with Crippen LogP contribution in [0.1, 0.15) is 29.9 Å². The van der Waals surface area contributed by atoms with Gasteiger partial charge >= 0.3 is 0 Å². The van der Waals surface area contributed by atoms with E-state index in [-0.39, 0.29) is 11.4 Å². The molecule has 0 atom stereocenters. The molecular weight excluding hydrogens is 368 g/mol. The zero-order valence-corrected chi connectivity index (χ0v) is 17.1. The number of carbonyl (C=O) groups is 1. The van der Waals surface area contributed by atoms with Crippen molar-refractivity contribution in [3.8, 4) is 11.3 Å². The number of morpholine rings is 1. The summed E-state index contributed by atoms with van der Waals surface area (Å²) in [6.07, 6.45) is 0. The first-order valence-electron chi connectivity index (χ1n) is 9.89. The van der Waals surface area contributed by atoms with Gasteiger partial charge in [-0.25, -0.2) is 4.98 Å². The van der Waals surface area contributed by atoms with E-state index in [9.17, 15) is 4.79 Å². The number of pyridine rings is 1. The monoisotopic (exact) mass is 394 g/mol. The van der Waals surface area contributed by atoms with E-state index in [1.807, 2.05) is 43.3 Å². The average Bonchev–Trinajstić information content (AvgIpc) is 3.13. The molecule has 1 aromatic carbocycles. The fourth-order valence-corrected chi connectivity index (χ4v) is 3.70. The molecule has 0 aliphatic carbocycles. The number of rotatable bonds is 5. The number of hydrogen-bond donors (Lipinski definition) is 1. The van der Waals surface area contributed by atoms with Crippen molar-refractivity contribution in [1.29, 1.82) is 0 Å². The lowest BCUT2D eigenvalue weighted by Crippen LogP contribution is -2.55. The Hall–Kier alpha value is -2.77. The van der Waals surface area contributed by atoms with Gasteiger partial charge in [0.05, 0.1) is 35.6 Å². The summed E-state index contributed by atoms with van der Waals surface area (Å²) in [5.74, 6) is -0.151. The van der Waals surface area contributed by atoms with Crippen LogP contribution in [0.4, 0.5) is 0 Å². The van der Waals surface area contributed by atoms with Gasteiger partial charge in [-0.2, -0.15) is 0 Å². The molecule has 4 rings (SSSR count). The lowest BCUT2D eigenvalue weighted by molar-refractivity contribution is -0.00922. The van der Waals surface area contributed by atoms with Crippen LogP contribution in [0.3, 0.4) is 0 Å². The third kappa shape index (κ3) is 4.02. The molecule has 0 unspecified atom stereocenters. The van der Waals surface area contributed by atoms with Crippen molar-refractivity contribution in [1.82, 2.24) is 20.4 Å². The first kappa shape index (κ1) is 19.5. The maximum atomic E-state index is 13.2. The highest BCUT2D eigenvalue weighted by atomic mass is 16.5. The lowest BCUT2D eigenvalue weighted by Gasteiger charge is -2.40. The molecule has 7 nitrogen and oxygen atoms in total. The van der Waals surface area contributed by atoms with E-state index in [0.29, 0.717) is 34.6 Å². The molecule has 29 heavy (non-hydrogen) atoms. The van der Waals surface area contributed by atoms with Gasteiger partial charge in [0.2, 0.25) is 0 Å². The van der Waals surface area contributed by atoms with Crippen LogP contribution in [-0.4, -0.2) is 59.3 Å². The Labute approximate surface area is 170 Å². The normalized spacial score (nSPS) is 15.6. The molecule has 2 aromatic heterocycles. The van der Waals surface area contributed by atoms with Crippen molar-refractivity contribution in [3.05, 3.63) is 47.7 Å². The van der Waals surface area contributed by atoms with E-state index in [1.54, 1.807) is 0 Å². The average molecular weight is 394 g/mol. The Morgan fingerprint density at radius 3 is 2.66 bits per heavy atom. The molecule has 3 heterocycles. The molecule has 7 heteroatoms. The van der Waals surface area contributed by atoms with Crippen LogP contribution in [-0.2, 0) is 4.74 Å². The summed E-state index contributed by atoms with van der Waals surface area (Å²) in [6.45, 7) is 9.81. The molecule has 0 saturated carbocycles. The minimum atomic E-state index is -0.169. The molecule has 0 radical (unpaired) electrons. The van der Waals surface area contributed by atoms with Gasteiger partial charge in [0.15, 0.2) is 0 Å². The summed E-state index contributed by atoms with van der Waals surface area (Å²) in [4.78, 5) is 20.1. The predicted octanol–water partition coefficient (Wildman–Crippen LogP) is 3.04. The van der Waals surface area contributed by atoms with E-state index in [2.05, 4.69) is 34.2 Å². The van der Waals surface area contributed by atoms with Gasteiger partial charge in [-0.05, 0) is 26.8 Å². The highest BCUT2D eigenvalue weighted by Gasteiger charge is 2.29. The first-order valence-corrected chi connectivity index (χ1v) is 9.89. The molecule has 1 saturated heterocycles. The molecular formula is C22H26N4O3. The van der Waals surface area contributed by atoms with Crippen LogP contribution in [0.5, 0.6) is 0 Å². The lowest BCUT2D eigenvalue weighted by atomic mass is 10.0. The maximum Gasteiger partial charge on any atom is 0.259 e. The van der Waals surface area contributed by atoms with Gasteiger partial charge in [0, 0.05) is 30.7 Å². The maximum absolute atomic E-state index is 13.2. The second kappa shape index (κ2) is 7.93. The molecule has 0 spiro atoms. The van der Waals surface area contributed by atoms with Gasteiger partial charge in [-0.1, -0.05) is 35.5 Å². The van der Waals surface area contributed by atoms with Crippen molar-refractivity contribution >= 4 is 17.0 Å². The van der Waals surface area contributed by atoms with Crippen molar-refractivity contribution in [2.45, 2.75) is 26.3 Å². The van der Waals surface area contributed by atoms with Gasteiger partial charge < -0.3 is 14.6 Å². The molecule has 1 fully saturated rings. The molecule has 152 valence electrons. The number of ether oxygens (including phenoxy) is 1. The smallest absolute Gasteiger partial charge is 0.259 e. The molecule has 1 aliphatic rings. The number of nitrogens with one attached hydrogen (secondary N) is 1. The highest BCUT2D eigenvalue weighted by molar-refractivity contribution is 6.07.